The maximum Gasteiger partial charge on any atom is 0.245 e. The minimum atomic E-state index is -0.792. The zero-order chi connectivity index (χ0) is 39.7. The van der Waals surface area contributed by atoms with Crippen LogP contribution in [-0.2, 0) is 32.0 Å². The molecule has 1 saturated carbocycles. The van der Waals surface area contributed by atoms with Gasteiger partial charge in [0, 0.05) is 18.5 Å². The van der Waals surface area contributed by atoms with Crippen LogP contribution in [-0.4, -0.2) is 78.8 Å². The van der Waals surface area contributed by atoms with Gasteiger partial charge in [0.15, 0.2) is 5.78 Å². The second-order valence-electron chi connectivity index (χ2n) is 15.9. The van der Waals surface area contributed by atoms with Crippen molar-refractivity contribution in [2.45, 2.75) is 126 Å². The standard InChI is InChI=1S/C46H64N6O4/c1-49-41(31-35-21-10-4-11-22-35)45(55)51-40(25-14-15-27-47)46(56)52-28-16-26-42(52)43(53)38(36-23-12-5-13-24-36)32-37(29-33-17-6-2-7-18-33)50-44(54)39(48)30-34-19-8-3-9-20-34/h2,4-7,10-13,17-18,21-24,34,37-42,49H,3,8-9,14-16,19-20,25-32,47-48H2,1H3,(H,50,54)(H,51,55)/t37?,38?,39-,40+,41+,42+/m1/s1. The number of likely N-dealkylation sites (N-methyl/N-ethyl adjacent to an activating group) is 1. The molecule has 7 N–H and O–H groups in total. The van der Waals surface area contributed by atoms with Crippen LogP contribution in [0.3, 0.4) is 0 Å². The van der Waals surface area contributed by atoms with Crippen molar-refractivity contribution in [3.8, 4) is 0 Å². The Morgan fingerprint density at radius 1 is 0.732 bits per heavy atom. The predicted molar refractivity (Wildman–Crippen MR) is 223 cm³/mol. The number of nitrogens with two attached hydrogens (primary N) is 2. The van der Waals surface area contributed by atoms with Gasteiger partial charge >= 0.3 is 0 Å². The van der Waals surface area contributed by atoms with Gasteiger partial charge < -0.3 is 32.3 Å². The molecule has 302 valence electrons. The third-order valence-corrected chi connectivity index (χ3v) is 11.8. The maximum absolute atomic E-state index is 14.9. The van der Waals surface area contributed by atoms with Gasteiger partial charge in [0.05, 0.1) is 18.1 Å². The zero-order valence-corrected chi connectivity index (χ0v) is 33.3. The lowest BCUT2D eigenvalue weighted by Gasteiger charge is -2.33. The first kappa shape index (κ1) is 42.8. The SMILES string of the molecule is CN[C@@H](Cc1ccccc1)C(=O)N[C@@H](CCCCN)C(=O)N1CCC[C@H]1C(=O)C(CC(Cc1ccccc1)NC(=O)[C@H](N)CC1CCCCC1)c1ccccc1. The van der Waals surface area contributed by atoms with Gasteiger partial charge in [-0.3, -0.25) is 19.2 Å². The molecule has 6 atom stereocenters. The van der Waals surface area contributed by atoms with E-state index in [2.05, 4.69) is 16.0 Å². The number of hydrogen-bond donors (Lipinski definition) is 5. The summed E-state index contributed by atoms with van der Waals surface area (Å²) in [6, 6.07) is 26.5. The molecule has 1 aliphatic heterocycles. The summed E-state index contributed by atoms with van der Waals surface area (Å²) in [4.78, 5) is 58.6. The van der Waals surface area contributed by atoms with E-state index < -0.39 is 30.1 Å². The molecule has 1 saturated heterocycles. The van der Waals surface area contributed by atoms with Gasteiger partial charge in [-0.2, -0.15) is 0 Å². The smallest absolute Gasteiger partial charge is 0.245 e. The molecule has 3 aromatic rings. The van der Waals surface area contributed by atoms with E-state index in [1.807, 2.05) is 91.0 Å². The molecule has 0 bridgehead atoms. The van der Waals surface area contributed by atoms with Crippen LogP contribution in [0.15, 0.2) is 91.0 Å². The first-order chi connectivity index (χ1) is 27.3. The summed E-state index contributed by atoms with van der Waals surface area (Å²) >= 11 is 0. The van der Waals surface area contributed by atoms with Gasteiger partial charge in [0.2, 0.25) is 17.7 Å². The fraction of sp³-hybridized carbons (Fsp3) is 0.522. The highest BCUT2D eigenvalue weighted by atomic mass is 16.2. The van der Waals surface area contributed by atoms with Crippen molar-refractivity contribution in [1.82, 2.24) is 20.9 Å². The number of rotatable bonds is 21. The van der Waals surface area contributed by atoms with Gasteiger partial charge in [-0.25, -0.2) is 0 Å². The van der Waals surface area contributed by atoms with E-state index in [-0.39, 0.29) is 29.5 Å². The Labute approximate surface area is 333 Å². The number of nitrogens with zero attached hydrogens (tertiary/aromatic N) is 1. The summed E-state index contributed by atoms with van der Waals surface area (Å²) in [6.07, 6.45) is 10.9. The van der Waals surface area contributed by atoms with Gasteiger partial charge in [-0.05, 0) is 94.0 Å². The fourth-order valence-corrected chi connectivity index (χ4v) is 8.63. The van der Waals surface area contributed by atoms with Crippen LogP contribution in [0.5, 0.6) is 0 Å². The third-order valence-electron chi connectivity index (χ3n) is 11.8. The molecule has 0 spiro atoms. The Hall–Kier alpha value is -4.38. The minimum Gasteiger partial charge on any atom is -0.352 e. The Morgan fingerprint density at radius 3 is 1.98 bits per heavy atom. The number of likely N-dealkylation sites (tertiary alicyclic amines) is 1. The Bertz CT molecular complexity index is 1650. The average molecular weight is 765 g/mol. The van der Waals surface area contributed by atoms with Gasteiger partial charge in [0.1, 0.15) is 6.04 Å². The van der Waals surface area contributed by atoms with Crippen molar-refractivity contribution in [1.29, 1.82) is 0 Å². The number of hydrogen-bond acceptors (Lipinski definition) is 7. The molecule has 10 heteroatoms. The molecular weight excluding hydrogens is 701 g/mol. The van der Waals surface area contributed by atoms with Crippen LogP contribution in [0.25, 0.3) is 0 Å². The fourth-order valence-electron chi connectivity index (χ4n) is 8.63. The molecule has 56 heavy (non-hydrogen) atoms. The van der Waals surface area contributed by atoms with E-state index in [1.165, 1.54) is 19.3 Å². The number of ketones is 1. The molecule has 0 radical (unpaired) electrons. The topological polar surface area (TPSA) is 160 Å². The van der Waals surface area contributed by atoms with Crippen molar-refractivity contribution in [2.75, 3.05) is 20.1 Å². The van der Waals surface area contributed by atoms with Gasteiger partial charge in [-0.1, -0.05) is 123 Å². The Kier molecular flexibility index (Phi) is 17.1. The lowest BCUT2D eigenvalue weighted by Crippen LogP contribution is -2.55. The molecule has 2 unspecified atom stereocenters. The zero-order valence-electron chi connectivity index (χ0n) is 33.3. The molecule has 3 aromatic carbocycles. The van der Waals surface area contributed by atoms with E-state index in [0.717, 1.165) is 36.0 Å². The molecule has 2 aliphatic rings. The highest BCUT2D eigenvalue weighted by Gasteiger charge is 2.41. The van der Waals surface area contributed by atoms with Crippen LogP contribution in [0, 0.1) is 5.92 Å². The van der Waals surface area contributed by atoms with Gasteiger partial charge in [0.25, 0.3) is 0 Å². The van der Waals surface area contributed by atoms with Crippen LogP contribution in [0.2, 0.25) is 0 Å². The number of Topliss-reactive ketones (excluding diaryl/α,β-unsaturated/α-hetero) is 1. The summed E-state index contributed by atoms with van der Waals surface area (Å²) in [5.74, 6) is -0.855. The largest absolute Gasteiger partial charge is 0.352 e. The van der Waals surface area contributed by atoms with E-state index in [0.29, 0.717) is 70.4 Å². The van der Waals surface area contributed by atoms with E-state index in [9.17, 15) is 19.2 Å². The van der Waals surface area contributed by atoms with Crippen LogP contribution < -0.4 is 27.4 Å². The van der Waals surface area contributed by atoms with E-state index >= 15 is 0 Å². The second-order valence-corrected chi connectivity index (χ2v) is 15.9. The first-order valence-electron chi connectivity index (χ1n) is 21.0. The lowest BCUT2D eigenvalue weighted by atomic mass is 9.83. The van der Waals surface area contributed by atoms with Gasteiger partial charge in [-0.15, -0.1) is 0 Å². The Balaban J connectivity index is 1.36. The predicted octanol–water partition coefficient (Wildman–Crippen LogP) is 5.19. The molecule has 1 heterocycles. The minimum absolute atomic E-state index is 0.0509. The molecule has 5 rings (SSSR count). The van der Waals surface area contributed by atoms with E-state index in [1.54, 1.807) is 11.9 Å². The molecule has 0 aromatic heterocycles. The summed E-state index contributed by atoms with van der Waals surface area (Å²) in [6.45, 7) is 0.914. The summed E-state index contributed by atoms with van der Waals surface area (Å²) in [5, 5.41) is 9.46. The lowest BCUT2D eigenvalue weighted by molar-refractivity contribution is -0.141. The summed E-state index contributed by atoms with van der Waals surface area (Å²) in [5.41, 5.74) is 15.3. The average Bonchev–Trinajstić information content (AvgIpc) is 3.73. The molecule has 10 nitrogen and oxygen atoms in total. The van der Waals surface area contributed by atoms with Crippen molar-refractivity contribution in [3.63, 3.8) is 0 Å². The summed E-state index contributed by atoms with van der Waals surface area (Å²) in [7, 11) is 1.75. The number of amides is 3. The third kappa shape index (κ3) is 12.6. The quantitative estimate of drug-likeness (QED) is 0.0935. The number of benzene rings is 3. The number of carbonyl (C=O) groups excluding carboxylic acids is 4. The maximum atomic E-state index is 14.9. The number of carbonyl (C=O) groups is 4. The van der Waals surface area contributed by atoms with Crippen LogP contribution in [0.1, 0.15) is 99.7 Å². The molecule has 3 amide bonds. The monoisotopic (exact) mass is 764 g/mol. The molecule has 1 aliphatic carbocycles. The van der Waals surface area contributed by atoms with Crippen LogP contribution in [0.4, 0.5) is 0 Å². The van der Waals surface area contributed by atoms with Crippen molar-refractivity contribution in [2.24, 2.45) is 17.4 Å². The second kappa shape index (κ2) is 22.4. The normalized spacial score (nSPS) is 18.7. The Morgan fingerprint density at radius 2 is 1.36 bits per heavy atom. The van der Waals surface area contributed by atoms with Crippen molar-refractivity contribution < 1.29 is 19.2 Å². The highest BCUT2D eigenvalue weighted by Crippen LogP contribution is 2.32. The highest BCUT2D eigenvalue weighted by molar-refractivity contribution is 5.96. The first-order valence-corrected chi connectivity index (χ1v) is 21.0. The molecule has 2 fully saturated rings. The summed E-state index contributed by atoms with van der Waals surface area (Å²) < 4.78 is 0. The number of unbranched alkanes of at least 4 members (excludes halogenated alkanes) is 1. The van der Waals surface area contributed by atoms with Crippen molar-refractivity contribution in [3.05, 3.63) is 108 Å². The molecular formula is C46H64N6O4. The number of nitrogens with one attached hydrogen (secondary N) is 3. The van der Waals surface area contributed by atoms with Crippen molar-refractivity contribution >= 4 is 23.5 Å². The van der Waals surface area contributed by atoms with Crippen LogP contribution >= 0.6 is 0 Å². The van der Waals surface area contributed by atoms with E-state index in [4.69, 9.17) is 11.5 Å².